The van der Waals surface area contributed by atoms with E-state index in [1.807, 2.05) is 0 Å². The first-order chi connectivity index (χ1) is 27.6. The molecule has 2 aliphatic carbocycles. The molecule has 8 rings (SSSR count). The largest absolute Gasteiger partial charge is 0.344 e. The fourth-order valence-corrected chi connectivity index (χ4v) is 8.88. The van der Waals surface area contributed by atoms with Crippen molar-refractivity contribution in [3.8, 4) is 5.69 Å². The van der Waals surface area contributed by atoms with E-state index < -0.39 is 82.5 Å². The minimum absolute atomic E-state index is 0.0106. The summed E-state index contributed by atoms with van der Waals surface area (Å²) >= 11 is 9.99. The van der Waals surface area contributed by atoms with Gasteiger partial charge < -0.3 is 5.32 Å². The summed E-state index contributed by atoms with van der Waals surface area (Å²) in [6.45, 7) is -1.63. The molecule has 1 unspecified atom stereocenters. The molecule has 2 saturated carbocycles. The van der Waals surface area contributed by atoms with Crippen molar-refractivity contribution in [1.82, 2.24) is 34.4 Å². The molecule has 1 atom stereocenters. The predicted octanol–water partition coefficient (Wildman–Crippen LogP) is 7.71. The van der Waals surface area contributed by atoms with E-state index in [2.05, 4.69) is 36.2 Å². The van der Waals surface area contributed by atoms with Crippen molar-refractivity contribution in [3.05, 3.63) is 109 Å². The molecule has 21 heteroatoms. The van der Waals surface area contributed by atoms with Crippen molar-refractivity contribution in [2.24, 2.45) is 0 Å². The summed E-state index contributed by atoms with van der Waals surface area (Å²) in [7, 11) is -4.01. The summed E-state index contributed by atoms with van der Waals surface area (Å²) in [6, 6.07) is 9.58. The van der Waals surface area contributed by atoms with Crippen molar-refractivity contribution < 1.29 is 39.6 Å². The molecule has 12 nitrogen and oxygen atoms in total. The van der Waals surface area contributed by atoms with Crippen molar-refractivity contribution >= 4 is 71.1 Å². The first kappa shape index (κ1) is 39.9. The van der Waals surface area contributed by atoms with E-state index in [0.29, 0.717) is 41.9 Å². The van der Waals surface area contributed by atoms with Gasteiger partial charge in [0.25, 0.3) is 18.4 Å². The molecular formula is C37H30BrClF6N8O4S. The van der Waals surface area contributed by atoms with Crippen molar-refractivity contribution in [1.29, 1.82) is 0 Å². The van der Waals surface area contributed by atoms with Gasteiger partial charge in [-0.05, 0) is 79.8 Å². The number of benzene rings is 3. The molecule has 1 amide bonds. The van der Waals surface area contributed by atoms with Gasteiger partial charge >= 0.3 is 0 Å². The van der Waals surface area contributed by atoms with Crippen LogP contribution in [0, 0.1) is 11.6 Å². The summed E-state index contributed by atoms with van der Waals surface area (Å²) in [4.78, 5) is 33.5. The van der Waals surface area contributed by atoms with Crippen LogP contribution >= 0.6 is 27.5 Å². The lowest BCUT2D eigenvalue weighted by atomic mass is 10.0. The molecule has 3 heterocycles. The number of hydrogen-bond acceptors (Lipinski definition) is 7. The zero-order valence-corrected chi connectivity index (χ0v) is 32.9. The van der Waals surface area contributed by atoms with E-state index in [1.54, 1.807) is 6.07 Å². The van der Waals surface area contributed by atoms with Gasteiger partial charge in [0.1, 0.15) is 36.2 Å². The number of carbonyl (C=O) groups is 1. The topological polar surface area (TPSA) is 146 Å². The Bertz CT molecular complexity index is 2770. The number of carbonyl (C=O) groups excluding carboxylic acids is 1. The third kappa shape index (κ3) is 8.05. The first-order valence-electron chi connectivity index (χ1n) is 17.9. The molecule has 2 N–H and O–H groups in total. The maximum atomic E-state index is 14.8. The molecule has 0 aliphatic heterocycles. The lowest BCUT2D eigenvalue weighted by Gasteiger charge is -2.24. The lowest BCUT2D eigenvalue weighted by Crippen LogP contribution is -2.37. The third-order valence-corrected chi connectivity index (χ3v) is 12.4. The predicted molar refractivity (Wildman–Crippen MR) is 205 cm³/mol. The molecule has 0 bridgehead atoms. The van der Waals surface area contributed by atoms with Gasteiger partial charge in [0, 0.05) is 28.6 Å². The van der Waals surface area contributed by atoms with Gasteiger partial charge in [-0.25, -0.2) is 39.7 Å². The van der Waals surface area contributed by atoms with Gasteiger partial charge in [0.2, 0.25) is 15.9 Å². The van der Waals surface area contributed by atoms with Crippen LogP contribution in [-0.2, 0) is 34.3 Å². The van der Waals surface area contributed by atoms with Crippen LogP contribution in [0.5, 0.6) is 0 Å². The molecule has 58 heavy (non-hydrogen) atoms. The van der Waals surface area contributed by atoms with Gasteiger partial charge in [0.15, 0.2) is 5.82 Å². The molecule has 2 aliphatic rings. The summed E-state index contributed by atoms with van der Waals surface area (Å²) < 4.78 is 117. The number of sulfonamides is 1. The monoisotopic (exact) mass is 910 g/mol. The van der Waals surface area contributed by atoms with E-state index >= 15 is 0 Å². The molecule has 3 aromatic carbocycles. The highest BCUT2D eigenvalue weighted by Crippen LogP contribution is 2.41. The van der Waals surface area contributed by atoms with Crippen LogP contribution in [0.1, 0.15) is 66.8 Å². The van der Waals surface area contributed by atoms with E-state index in [-0.39, 0.29) is 55.6 Å². The number of fused-ring (bicyclic) bond motifs is 2. The molecule has 2 fully saturated rings. The normalized spacial score (nSPS) is 15.2. The van der Waals surface area contributed by atoms with Crippen molar-refractivity contribution in [2.45, 2.75) is 75.3 Å². The van der Waals surface area contributed by atoms with Crippen LogP contribution in [0.4, 0.5) is 32.2 Å². The van der Waals surface area contributed by atoms with E-state index in [9.17, 15) is 44.3 Å². The smallest absolute Gasteiger partial charge is 0.282 e. The first-order valence-corrected chi connectivity index (χ1v) is 20.6. The molecular weight excluding hydrogens is 882 g/mol. The minimum atomic E-state index is -4.01. The zero-order valence-electron chi connectivity index (χ0n) is 29.8. The van der Waals surface area contributed by atoms with Crippen molar-refractivity contribution in [3.63, 3.8) is 0 Å². The second kappa shape index (κ2) is 15.3. The number of rotatable bonds is 14. The van der Waals surface area contributed by atoms with Gasteiger partial charge in [-0.1, -0.05) is 27.5 Å². The number of hydrogen-bond donors (Lipinski definition) is 2. The maximum absolute atomic E-state index is 14.8. The van der Waals surface area contributed by atoms with Gasteiger partial charge in [-0.3, -0.25) is 28.2 Å². The average molecular weight is 912 g/mol. The summed E-state index contributed by atoms with van der Waals surface area (Å²) in [5, 5.41) is 9.94. The molecule has 0 spiro atoms. The molecule has 0 saturated heterocycles. The van der Waals surface area contributed by atoms with Crippen molar-refractivity contribution in [2.75, 3.05) is 4.72 Å². The van der Waals surface area contributed by atoms with Crippen LogP contribution in [0.3, 0.4) is 0 Å². The molecule has 0 radical (unpaired) electrons. The Kier molecular flexibility index (Phi) is 10.5. The van der Waals surface area contributed by atoms with Crippen LogP contribution in [0.15, 0.2) is 63.9 Å². The Balaban J connectivity index is 1.34. The molecule has 6 aromatic rings. The summed E-state index contributed by atoms with van der Waals surface area (Å²) in [6.07, 6.45) is -4.18. The van der Waals surface area contributed by atoms with E-state index in [0.717, 1.165) is 26.1 Å². The Morgan fingerprint density at radius 2 is 1.67 bits per heavy atom. The van der Waals surface area contributed by atoms with Gasteiger partial charge in [-0.15, -0.1) is 0 Å². The zero-order chi connectivity index (χ0) is 41.2. The second-order valence-corrected chi connectivity index (χ2v) is 17.4. The highest BCUT2D eigenvalue weighted by atomic mass is 79.9. The average Bonchev–Trinajstić information content (AvgIpc) is 4.08. The minimum Gasteiger partial charge on any atom is -0.344 e. The number of halogens is 8. The SMILES string of the molecule is O=C(Cn1nc(C(F)F)cc1C1CC1)NC(Cc1cc(F)cc(F)c1)c1nc2cc(Br)ccc2c(=O)n1-c1ccc(Cl)c2c(NS(=O)(=O)C3CC3)nn(CC(F)F)c12. The highest BCUT2D eigenvalue weighted by molar-refractivity contribution is 9.10. The lowest BCUT2D eigenvalue weighted by molar-refractivity contribution is -0.122. The Labute approximate surface area is 338 Å². The quantitative estimate of drug-likeness (QED) is 0.107. The maximum Gasteiger partial charge on any atom is 0.282 e. The molecule has 3 aromatic heterocycles. The second-order valence-electron chi connectivity index (χ2n) is 14.2. The molecule has 304 valence electrons. The number of nitrogens with zero attached hydrogens (tertiary/aromatic N) is 6. The Morgan fingerprint density at radius 3 is 2.33 bits per heavy atom. The van der Waals surface area contributed by atoms with E-state index in [1.165, 1.54) is 30.3 Å². The highest BCUT2D eigenvalue weighted by Gasteiger charge is 2.37. The number of amides is 1. The number of alkyl halides is 4. The summed E-state index contributed by atoms with van der Waals surface area (Å²) in [5.74, 6) is -3.41. The Morgan fingerprint density at radius 1 is 0.948 bits per heavy atom. The summed E-state index contributed by atoms with van der Waals surface area (Å²) in [5.41, 5.74) is -1.13. The number of aromatic nitrogens is 6. The number of nitrogens with one attached hydrogen (secondary N) is 2. The third-order valence-electron chi connectivity index (χ3n) is 9.78. The van der Waals surface area contributed by atoms with Crippen LogP contribution in [-0.4, -0.2) is 55.1 Å². The van der Waals surface area contributed by atoms with Crippen LogP contribution in [0.2, 0.25) is 5.02 Å². The van der Waals surface area contributed by atoms with E-state index in [4.69, 9.17) is 16.6 Å². The van der Waals surface area contributed by atoms with Crippen LogP contribution in [0.25, 0.3) is 27.5 Å². The standard InChI is InChI=1S/C37H30BrClF6N8O4S/c38-19-3-6-23-25(12-19)47-36(27(11-17-9-20(40)13-21(41)10-17)46-31(54)16-51-29(18-1-2-18)14-26(48-51)34(44)45)53(37(23)55)28-8-7-24(39)32-33(28)52(15-30(42)43)49-35(32)50-58(56,57)22-4-5-22/h3,6-10,12-14,18,22,27,30,34H,1-2,4-5,11,15-16H2,(H,46,54)(H,49,50). The van der Waals surface area contributed by atoms with Crippen LogP contribution < -0.4 is 15.6 Å². The number of anilines is 1. The van der Waals surface area contributed by atoms with Gasteiger partial charge in [-0.2, -0.15) is 10.2 Å². The van der Waals surface area contributed by atoms with Gasteiger partial charge in [0.05, 0.1) is 43.8 Å². The Hall–Kier alpha value is -4.95. The fraction of sp³-hybridized carbons (Fsp3) is 0.324. The fourth-order valence-electron chi connectivity index (χ4n) is 6.96.